The fourth-order valence-corrected chi connectivity index (χ4v) is 3.49. The number of aryl methyl sites for hydroxylation is 1. The van der Waals surface area contributed by atoms with E-state index in [1.54, 1.807) is 24.3 Å². The summed E-state index contributed by atoms with van der Waals surface area (Å²) in [7, 11) is 0. The van der Waals surface area contributed by atoms with Crippen molar-refractivity contribution in [1.82, 2.24) is 9.36 Å². The number of benzene rings is 2. The maximum Gasteiger partial charge on any atom is 0.234 e. The van der Waals surface area contributed by atoms with E-state index in [0.29, 0.717) is 10.8 Å². The van der Waals surface area contributed by atoms with Crippen LogP contribution in [0.5, 0.6) is 0 Å². The van der Waals surface area contributed by atoms with Crippen LogP contribution in [-0.2, 0) is 4.79 Å². The number of aromatic nitrogens is 2. The van der Waals surface area contributed by atoms with Gasteiger partial charge in [-0.05, 0) is 42.7 Å². The molecule has 0 saturated heterocycles. The highest BCUT2D eigenvalue weighted by Crippen LogP contribution is 2.25. The average Bonchev–Trinajstić information content (AvgIpc) is 3.05. The minimum absolute atomic E-state index is 0.0885. The first-order chi connectivity index (χ1) is 11.6. The van der Waals surface area contributed by atoms with E-state index in [9.17, 15) is 4.79 Å². The first kappa shape index (κ1) is 17.0. The Hall–Kier alpha value is -1.89. The van der Waals surface area contributed by atoms with Gasteiger partial charge in [-0.3, -0.25) is 4.79 Å². The van der Waals surface area contributed by atoms with Gasteiger partial charge in [0.05, 0.1) is 5.75 Å². The Morgan fingerprint density at radius 2 is 1.88 bits per heavy atom. The van der Waals surface area contributed by atoms with Gasteiger partial charge in [-0.1, -0.05) is 53.2 Å². The molecule has 0 aliphatic rings. The van der Waals surface area contributed by atoms with Gasteiger partial charge in [-0.25, -0.2) is 4.98 Å². The molecule has 0 aliphatic heterocycles. The number of halogens is 1. The average molecular weight is 376 g/mol. The van der Waals surface area contributed by atoms with Crippen molar-refractivity contribution in [2.45, 2.75) is 11.3 Å². The monoisotopic (exact) mass is 375 g/mol. The molecule has 3 aromatic rings. The van der Waals surface area contributed by atoms with Crippen molar-refractivity contribution in [2.75, 3.05) is 11.1 Å². The topological polar surface area (TPSA) is 54.9 Å². The normalized spacial score (nSPS) is 10.6. The van der Waals surface area contributed by atoms with Crippen molar-refractivity contribution in [3.8, 4) is 11.4 Å². The van der Waals surface area contributed by atoms with Crippen LogP contribution in [0.1, 0.15) is 5.56 Å². The lowest BCUT2D eigenvalue weighted by Crippen LogP contribution is -2.13. The maximum atomic E-state index is 12.0. The molecule has 24 heavy (non-hydrogen) atoms. The maximum absolute atomic E-state index is 12.0. The summed E-state index contributed by atoms with van der Waals surface area (Å²) in [6, 6.07) is 15.1. The smallest absolute Gasteiger partial charge is 0.234 e. The van der Waals surface area contributed by atoms with Gasteiger partial charge in [0.25, 0.3) is 0 Å². The molecule has 0 aliphatic carbocycles. The molecule has 2 aromatic carbocycles. The number of nitrogens with one attached hydrogen (secondary N) is 1. The van der Waals surface area contributed by atoms with Crippen LogP contribution in [0.15, 0.2) is 52.9 Å². The Kier molecular flexibility index (Phi) is 5.50. The third-order valence-corrected chi connectivity index (χ3v) is 5.26. The van der Waals surface area contributed by atoms with E-state index in [1.165, 1.54) is 28.9 Å². The number of hydrogen-bond donors (Lipinski definition) is 1. The molecule has 0 unspecified atom stereocenters. The summed E-state index contributed by atoms with van der Waals surface area (Å²) in [5.41, 5.74) is 2.90. The number of carbonyl (C=O) groups is 1. The Morgan fingerprint density at radius 1 is 1.17 bits per heavy atom. The molecule has 7 heteroatoms. The highest BCUT2D eigenvalue weighted by molar-refractivity contribution is 8.01. The fraction of sp³-hybridized carbons (Fsp3) is 0.118. The third-order valence-electron chi connectivity index (χ3n) is 3.17. The summed E-state index contributed by atoms with van der Waals surface area (Å²) in [5, 5.41) is 3.46. The van der Waals surface area contributed by atoms with Gasteiger partial charge in [0, 0.05) is 16.3 Å². The van der Waals surface area contributed by atoms with Crippen LogP contribution in [0.25, 0.3) is 11.4 Å². The summed E-state index contributed by atoms with van der Waals surface area (Å²) in [4.78, 5) is 16.5. The zero-order valence-corrected chi connectivity index (χ0v) is 15.2. The number of anilines is 1. The van der Waals surface area contributed by atoms with Crippen LogP contribution in [0.3, 0.4) is 0 Å². The van der Waals surface area contributed by atoms with Gasteiger partial charge in [-0.15, -0.1) is 0 Å². The molecule has 0 spiro atoms. The van der Waals surface area contributed by atoms with Crippen LogP contribution >= 0.6 is 34.9 Å². The first-order valence-electron chi connectivity index (χ1n) is 7.19. The lowest BCUT2D eigenvalue weighted by molar-refractivity contribution is -0.113. The minimum atomic E-state index is -0.0885. The predicted molar refractivity (Wildman–Crippen MR) is 101 cm³/mol. The third kappa shape index (κ3) is 4.56. The summed E-state index contributed by atoms with van der Waals surface area (Å²) in [5.74, 6) is 0.889. The van der Waals surface area contributed by atoms with Crippen LogP contribution in [0.2, 0.25) is 5.02 Å². The van der Waals surface area contributed by atoms with Gasteiger partial charge in [0.15, 0.2) is 10.2 Å². The molecule has 1 N–H and O–H groups in total. The van der Waals surface area contributed by atoms with Gasteiger partial charge >= 0.3 is 0 Å². The van der Waals surface area contributed by atoms with Crippen molar-refractivity contribution < 1.29 is 4.79 Å². The van der Waals surface area contributed by atoms with Crippen molar-refractivity contribution >= 4 is 46.5 Å². The number of hydrogen-bond acceptors (Lipinski definition) is 5. The quantitative estimate of drug-likeness (QED) is 0.644. The lowest BCUT2D eigenvalue weighted by atomic mass is 10.1. The molecular weight excluding hydrogens is 362 g/mol. The molecule has 1 heterocycles. The number of nitrogens with zero attached hydrogens (tertiary/aromatic N) is 2. The number of amides is 1. The standard InChI is InChI=1S/C17H14ClN3OS2/c1-11-2-4-12(5-3-11)16-20-17(24-21-16)23-10-15(22)19-14-8-6-13(18)7-9-14/h2-9H,10H2,1H3,(H,19,22). The Bertz CT molecular complexity index is 832. The van der Waals surface area contributed by atoms with E-state index in [2.05, 4.69) is 14.7 Å². The number of carbonyl (C=O) groups excluding carboxylic acids is 1. The molecule has 0 saturated carbocycles. The summed E-state index contributed by atoms with van der Waals surface area (Å²) >= 11 is 8.50. The summed E-state index contributed by atoms with van der Waals surface area (Å²) < 4.78 is 5.13. The van der Waals surface area contributed by atoms with Crippen molar-refractivity contribution in [1.29, 1.82) is 0 Å². The van der Waals surface area contributed by atoms with E-state index < -0.39 is 0 Å². The second-order valence-electron chi connectivity index (χ2n) is 5.09. The van der Waals surface area contributed by atoms with Crippen LogP contribution < -0.4 is 5.32 Å². The molecule has 4 nitrogen and oxygen atoms in total. The van der Waals surface area contributed by atoms with E-state index >= 15 is 0 Å². The van der Waals surface area contributed by atoms with E-state index in [4.69, 9.17) is 11.6 Å². The Morgan fingerprint density at radius 3 is 2.58 bits per heavy atom. The lowest BCUT2D eigenvalue weighted by Gasteiger charge is -2.03. The van der Waals surface area contributed by atoms with Gasteiger partial charge in [0.2, 0.25) is 5.91 Å². The van der Waals surface area contributed by atoms with Crippen LogP contribution in [0.4, 0.5) is 5.69 Å². The first-order valence-corrected chi connectivity index (χ1v) is 9.33. The molecule has 3 rings (SSSR count). The van der Waals surface area contributed by atoms with E-state index in [-0.39, 0.29) is 11.7 Å². The molecule has 122 valence electrons. The second kappa shape index (κ2) is 7.79. The Labute approximate surface area is 153 Å². The largest absolute Gasteiger partial charge is 0.325 e. The summed E-state index contributed by atoms with van der Waals surface area (Å²) in [6.07, 6.45) is 0. The van der Waals surface area contributed by atoms with Gasteiger partial charge < -0.3 is 5.32 Å². The molecule has 0 bridgehead atoms. The predicted octanol–water partition coefficient (Wildman–Crippen LogP) is 4.90. The van der Waals surface area contributed by atoms with E-state index in [1.807, 2.05) is 31.2 Å². The van der Waals surface area contributed by atoms with Crippen molar-refractivity contribution in [3.63, 3.8) is 0 Å². The highest BCUT2D eigenvalue weighted by atomic mass is 35.5. The molecule has 1 amide bonds. The number of thioether (sulfide) groups is 1. The van der Waals surface area contributed by atoms with Gasteiger partial charge in [-0.2, -0.15) is 4.37 Å². The van der Waals surface area contributed by atoms with Gasteiger partial charge in [0.1, 0.15) is 0 Å². The molecular formula is C17H14ClN3OS2. The van der Waals surface area contributed by atoms with E-state index in [0.717, 1.165) is 15.6 Å². The number of rotatable bonds is 5. The minimum Gasteiger partial charge on any atom is -0.325 e. The highest BCUT2D eigenvalue weighted by Gasteiger charge is 2.09. The SMILES string of the molecule is Cc1ccc(-c2nsc(SCC(=O)Nc3ccc(Cl)cc3)n2)cc1. The summed E-state index contributed by atoms with van der Waals surface area (Å²) in [6.45, 7) is 2.04. The molecule has 1 aromatic heterocycles. The zero-order valence-electron chi connectivity index (χ0n) is 12.8. The molecule has 0 atom stereocenters. The van der Waals surface area contributed by atoms with Crippen molar-refractivity contribution in [2.24, 2.45) is 0 Å². The Balaban J connectivity index is 1.56. The van der Waals surface area contributed by atoms with Crippen molar-refractivity contribution in [3.05, 3.63) is 59.1 Å². The van der Waals surface area contributed by atoms with Crippen LogP contribution in [0, 0.1) is 6.92 Å². The fourth-order valence-electron chi connectivity index (χ4n) is 1.95. The molecule has 0 radical (unpaired) electrons. The van der Waals surface area contributed by atoms with Crippen LogP contribution in [-0.4, -0.2) is 21.0 Å². The molecule has 0 fully saturated rings. The second-order valence-corrected chi connectivity index (χ2v) is 7.50. The zero-order chi connectivity index (χ0) is 16.9.